The molecule has 7 heteroatoms. The number of aryl methyl sites for hydroxylation is 1. The molecule has 2 rings (SSSR count). The van der Waals surface area contributed by atoms with E-state index in [-0.39, 0.29) is 24.0 Å². The molecule has 0 radical (unpaired) electrons. The summed E-state index contributed by atoms with van der Waals surface area (Å²) in [4.78, 5) is 24.7. The minimum atomic E-state index is -0.445. The number of nitro benzene ring substituents is 1. The number of carbonyl (C=O) groups excluding carboxylic acids is 1. The predicted octanol–water partition coefficient (Wildman–Crippen LogP) is 2.53. The first-order chi connectivity index (χ1) is 10.0. The molecule has 6 nitrogen and oxygen atoms in total. The quantitative estimate of drug-likeness (QED) is 0.679. The zero-order chi connectivity index (χ0) is 15.4. The summed E-state index contributed by atoms with van der Waals surface area (Å²) in [5, 5.41) is 10.7. The minimum absolute atomic E-state index is 0. The highest BCUT2D eigenvalue weighted by molar-refractivity contribution is 5.96. The lowest BCUT2D eigenvalue weighted by molar-refractivity contribution is -0.384. The van der Waals surface area contributed by atoms with E-state index in [2.05, 4.69) is 0 Å². The Morgan fingerprint density at radius 2 is 2.23 bits per heavy atom. The SMILES string of the molecule is Cc1cc([N+](=O)[O-])ccc1C(=O)N1CCCC(CCN)C1.Cl. The molecule has 1 aromatic carbocycles. The maximum Gasteiger partial charge on any atom is 0.269 e. The van der Waals surface area contributed by atoms with E-state index in [0.29, 0.717) is 23.6 Å². The molecule has 2 N–H and O–H groups in total. The molecule has 122 valence electrons. The second-order valence-corrected chi connectivity index (χ2v) is 5.59. The Kier molecular flexibility index (Phi) is 6.77. The first-order valence-corrected chi connectivity index (χ1v) is 7.27. The number of likely N-dealkylation sites (tertiary alicyclic amines) is 1. The lowest BCUT2D eigenvalue weighted by Crippen LogP contribution is -2.40. The van der Waals surface area contributed by atoms with E-state index in [4.69, 9.17) is 5.73 Å². The third-order valence-electron chi connectivity index (χ3n) is 4.03. The molecule has 1 amide bonds. The van der Waals surface area contributed by atoms with E-state index >= 15 is 0 Å². The van der Waals surface area contributed by atoms with Gasteiger partial charge in [-0.15, -0.1) is 12.4 Å². The monoisotopic (exact) mass is 327 g/mol. The second-order valence-electron chi connectivity index (χ2n) is 5.59. The van der Waals surface area contributed by atoms with Gasteiger partial charge in [0.25, 0.3) is 11.6 Å². The summed E-state index contributed by atoms with van der Waals surface area (Å²) in [5.41, 5.74) is 6.81. The van der Waals surface area contributed by atoms with Crippen LogP contribution in [-0.4, -0.2) is 35.4 Å². The number of hydrogen-bond donors (Lipinski definition) is 1. The molecule has 1 aliphatic heterocycles. The Hall–Kier alpha value is -1.66. The van der Waals surface area contributed by atoms with Crippen molar-refractivity contribution in [1.29, 1.82) is 0 Å². The normalized spacial score (nSPS) is 17.7. The lowest BCUT2D eigenvalue weighted by atomic mass is 9.94. The Morgan fingerprint density at radius 3 is 2.82 bits per heavy atom. The van der Waals surface area contributed by atoms with Crippen molar-refractivity contribution in [2.75, 3.05) is 19.6 Å². The summed E-state index contributed by atoms with van der Waals surface area (Å²) in [7, 11) is 0. The Bertz CT molecular complexity index is 549. The van der Waals surface area contributed by atoms with Crippen LogP contribution >= 0.6 is 12.4 Å². The number of carbonyl (C=O) groups is 1. The largest absolute Gasteiger partial charge is 0.338 e. The average molecular weight is 328 g/mol. The van der Waals surface area contributed by atoms with Crippen LogP contribution in [0.3, 0.4) is 0 Å². The van der Waals surface area contributed by atoms with E-state index in [9.17, 15) is 14.9 Å². The molecule has 1 heterocycles. The highest BCUT2D eigenvalue weighted by Gasteiger charge is 2.25. The third-order valence-corrected chi connectivity index (χ3v) is 4.03. The fraction of sp³-hybridized carbons (Fsp3) is 0.533. The highest BCUT2D eigenvalue weighted by atomic mass is 35.5. The van der Waals surface area contributed by atoms with Crippen molar-refractivity contribution in [1.82, 2.24) is 4.90 Å². The van der Waals surface area contributed by atoms with Gasteiger partial charge in [-0.05, 0) is 50.3 Å². The molecule has 0 spiro atoms. The molecule has 1 atom stereocenters. The van der Waals surface area contributed by atoms with Gasteiger partial charge in [-0.2, -0.15) is 0 Å². The van der Waals surface area contributed by atoms with Crippen LogP contribution in [-0.2, 0) is 0 Å². The van der Waals surface area contributed by atoms with Crippen molar-refractivity contribution in [3.05, 3.63) is 39.4 Å². The van der Waals surface area contributed by atoms with Gasteiger partial charge >= 0.3 is 0 Å². The van der Waals surface area contributed by atoms with Crippen LogP contribution in [0, 0.1) is 23.0 Å². The van der Waals surface area contributed by atoms with E-state index < -0.39 is 4.92 Å². The second kappa shape index (κ2) is 8.10. The molecule has 0 aromatic heterocycles. The van der Waals surface area contributed by atoms with Crippen molar-refractivity contribution in [2.45, 2.75) is 26.2 Å². The van der Waals surface area contributed by atoms with Crippen LogP contribution in [0.25, 0.3) is 0 Å². The topological polar surface area (TPSA) is 89.5 Å². The number of hydrogen-bond acceptors (Lipinski definition) is 4. The van der Waals surface area contributed by atoms with Crippen LogP contribution in [0.5, 0.6) is 0 Å². The third kappa shape index (κ3) is 4.18. The van der Waals surface area contributed by atoms with Crippen molar-refractivity contribution in [3.63, 3.8) is 0 Å². The number of benzene rings is 1. The number of amides is 1. The van der Waals surface area contributed by atoms with Gasteiger partial charge in [0.2, 0.25) is 0 Å². The summed E-state index contributed by atoms with van der Waals surface area (Å²) < 4.78 is 0. The number of nitrogens with two attached hydrogens (primary N) is 1. The average Bonchev–Trinajstić information content (AvgIpc) is 2.47. The van der Waals surface area contributed by atoms with Gasteiger partial charge < -0.3 is 10.6 Å². The van der Waals surface area contributed by atoms with Gasteiger partial charge in [-0.25, -0.2) is 0 Å². The lowest BCUT2D eigenvalue weighted by Gasteiger charge is -2.33. The molecule has 0 aliphatic carbocycles. The molecule has 0 saturated carbocycles. The van der Waals surface area contributed by atoms with E-state index in [1.165, 1.54) is 12.1 Å². The van der Waals surface area contributed by atoms with Gasteiger partial charge in [0.1, 0.15) is 0 Å². The number of halogens is 1. The number of nitrogens with zero attached hydrogens (tertiary/aromatic N) is 2. The maximum absolute atomic E-state index is 12.6. The van der Waals surface area contributed by atoms with Crippen molar-refractivity contribution in [3.8, 4) is 0 Å². The Morgan fingerprint density at radius 1 is 1.50 bits per heavy atom. The van der Waals surface area contributed by atoms with Gasteiger partial charge in [-0.3, -0.25) is 14.9 Å². The summed E-state index contributed by atoms with van der Waals surface area (Å²) in [6.45, 7) is 3.85. The summed E-state index contributed by atoms with van der Waals surface area (Å²) >= 11 is 0. The van der Waals surface area contributed by atoms with Crippen molar-refractivity contribution in [2.24, 2.45) is 11.7 Å². The molecular weight excluding hydrogens is 306 g/mol. The Balaban J connectivity index is 0.00000242. The van der Waals surface area contributed by atoms with Crippen LogP contribution in [0.1, 0.15) is 35.2 Å². The number of piperidine rings is 1. The molecular formula is C15H22ClN3O3. The zero-order valence-electron chi connectivity index (χ0n) is 12.7. The fourth-order valence-corrected chi connectivity index (χ4v) is 2.89. The molecule has 1 unspecified atom stereocenters. The number of nitro groups is 1. The smallest absolute Gasteiger partial charge is 0.269 e. The van der Waals surface area contributed by atoms with Crippen LogP contribution in [0.2, 0.25) is 0 Å². The molecule has 0 bridgehead atoms. The first kappa shape index (κ1) is 18.4. The number of non-ortho nitro benzene ring substituents is 1. The van der Waals surface area contributed by atoms with E-state index in [1.807, 2.05) is 4.90 Å². The van der Waals surface area contributed by atoms with Crippen molar-refractivity contribution >= 4 is 24.0 Å². The predicted molar refractivity (Wildman–Crippen MR) is 87.4 cm³/mol. The van der Waals surface area contributed by atoms with Crippen LogP contribution in [0.4, 0.5) is 5.69 Å². The Labute approximate surface area is 136 Å². The van der Waals surface area contributed by atoms with Gasteiger partial charge in [-0.1, -0.05) is 0 Å². The summed E-state index contributed by atoms with van der Waals surface area (Å²) in [5.74, 6) is 0.426. The van der Waals surface area contributed by atoms with Gasteiger partial charge in [0, 0.05) is 30.8 Å². The molecule has 1 fully saturated rings. The van der Waals surface area contributed by atoms with Crippen LogP contribution < -0.4 is 5.73 Å². The van der Waals surface area contributed by atoms with E-state index in [1.54, 1.807) is 13.0 Å². The first-order valence-electron chi connectivity index (χ1n) is 7.27. The van der Waals surface area contributed by atoms with Gasteiger partial charge in [0.05, 0.1) is 4.92 Å². The van der Waals surface area contributed by atoms with E-state index in [0.717, 1.165) is 32.4 Å². The highest BCUT2D eigenvalue weighted by Crippen LogP contribution is 2.23. The molecule has 22 heavy (non-hydrogen) atoms. The molecule has 1 aromatic rings. The standard InChI is InChI=1S/C15H21N3O3.ClH/c1-11-9-13(18(20)21)4-5-14(11)15(19)17-8-2-3-12(10-17)6-7-16;/h4-5,9,12H,2-3,6-8,10,16H2,1H3;1H. The zero-order valence-corrected chi connectivity index (χ0v) is 13.5. The summed E-state index contributed by atoms with van der Waals surface area (Å²) in [6, 6.07) is 4.40. The molecule has 1 saturated heterocycles. The van der Waals surface area contributed by atoms with Gasteiger partial charge in [0.15, 0.2) is 0 Å². The number of rotatable bonds is 4. The minimum Gasteiger partial charge on any atom is -0.338 e. The molecule has 1 aliphatic rings. The summed E-state index contributed by atoms with van der Waals surface area (Å²) in [6.07, 6.45) is 3.03. The fourth-order valence-electron chi connectivity index (χ4n) is 2.89. The van der Waals surface area contributed by atoms with Crippen molar-refractivity contribution < 1.29 is 9.72 Å². The van der Waals surface area contributed by atoms with Crippen LogP contribution in [0.15, 0.2) is 18.2 Å². The maximum atomic E-state index is 12.6.